The van der Waals surface area contributed by atoms with E-state index in [4.69, 9.17) is 4.52 Å². The van der Waals surface area contributed by atoms with Crippen LogP contribution in [0.25, 0.3) is 5.65 Å². The van der Waals surface area contributed by atoms with Gasteiger partial charge in [0.2, 0.25) is 5.91 Å². The Kier molecular flexibility index (Phi) is 4.49. The van der Waals surface area contributed by atoms with E-state index in [1.807, 2.05) is 46.0 Å². The van der Waals surface area contributed by atoms with E-state index in [0.29, 0.717) is 18.8 Å². The van der Waals surface area contributed by atoms with Gasteiger partial charge >= 0.3 is 0 Å². The fraction of sp³-hybridized carbons (Fsp3) is 0.450. The summed E-state index contributed by atoms with van der Waals surface area (Å²) in [6.07, 6.45) is 7.05. The van der Waals surface area contributed by atoms with Crippen LogP contribution in [0, 0.1) is 0 Å². The number of carbonyl (C=O) groups is 1. The topological polar surface area (TPSA) is 63.6 Å². The van der Waals surface area contributed by atoms with Crippen LogP contribution in [0.3, 0.4) is 0 Å². The van der Waals surface area contributed by atoms with Crippen LogP contribution in [0.1, 0.15) is 62.2 Å². The lowest BCUT2D eigenvalue weighted by Gasteiger charge is -2.22. The Morgan fingerprint density at radius 2 is 2.27 bits per heavy atom. The number of hydrogen-bond donors (Lipinski definition) is 0. The fourth-order valence-electron chi connectivity index (χ4n) is 3.59. The molecule has 4 heterocycles. The second kappa shape index (κ2) is 6.94. The fourth-order valence-corrected chi connectivity index (χ4v) is 3.59. The Hall–Kier alpha value is -2.63. The van der Waals surface area contributed by atoms with Gasteiger partial charge in [-0.3, -0.25) is 4.79 Å². The zero-order valence-corrected chi connectivity index (χ0v) is 15.3. The minimum atomic E-state index is 0.0415. The molecule has 1 aliphatic heterocycles. The smallest absolute Gasteiger partial charge is 0.223 e. The van der Waals surface area contributed by atoms with E-state index in [-0.39, 0.29) is 11.9 Å². The van der Waals surface area contributed by atoms with Gasteiger partial charge in [-0.05, 0) is 31.4 Å². The highest BCUT2D eigenvalue weighted by Gasteiger charge is 2.32. The third-order valence-corrected chi connectivity index (χ3v) is 5.04. The van der Waals surface area contributed by atoms with Crippen LogP contribution >= 0.6 is 0 Å². The molecule has 1 saturated heterocycles. The van der Waals surface area contributed by atoms with E-state index in [2.05, 4.69) is 24.0 Å². The van der Waals surface area contributed by atoms with E-state index in [1.54, 1.807) is 0 Å². The number of carbonyl (C=O) groups excluding carboxylic acids is 1. The van der Waals surface area contributed by atoms with Crippen molar-refractivity contribution in [3.05, 3.63) is 53.8 Å². The molecule has 3 aromatic heterocycles. The average molecular weight is 352 g/mol. The molecule has 0 spiro atoms. The number of amides is 1. The molecule has 0 radical (unpaired) electrons. The van der Waals surface area contributed by atoms with Crippen molar-refractivity contribution in [3.63, 3.8) is 0 Å². The number of aryl methyl sites for hydroxylation is 1. The summed E-state index contributed by atoms with van der Waals surface area (Å²) < 4.78 is 7.42. The molecule has 1 aliphatic rings. The highest BCUT2D eigenvalue weighted by Crippen LogP contribution is 2.33. The molecule has 1 atom stereocenters. The van der Waals surface area contributed by atoms with Crippen molar-refractivity contribution < 1.29 is 9.32 Å². The third-order valence-electron chi connectivity index (χ3n) is 5.04. The van der Waals surface area contributed by atoms with Crippen LogP contribution < -0.4 is 0 Å². The van der Waals surface area contributed by atoms with Crippen LogP contribution in [0.4, 0.5) is 0 Å². The summed E-state index contributed by atoms with van der Waals surface area (Å²) in [6, 6.07) is 7.96. The van der Waals surface area contributed by atoms with Crippen molar-refractivity contribution >= 4 is 11.6 Å². The highest BCUT2D eigenvalue weighted by atomic mass is 16.5. The SMILES string of the molecule is CC(C)c1cc(C2CCCN2C(=O)CCc2cn3ccccc3n2)no1. The first-order chi connectivity index (χ1) is 12.6. The Bertz CT molecular complexity index is 878. The molecular weight excluding hydrogens is 328 g/mol. The lowest BCUT2D eigenvalue weighted by molar-refractivity contribution is -0.132. The van der Waals surface area contributed by atoms with Gasteiger partial charge in [0.15, 0.2) is 0 Å². The molecule has 4 rings (SSSR count). The van der Waals surface area contributed by atoms with Crippen LogP contribution in [0.15, 0.2) is 41.2 Å². The summed E-state index contributed by atoms with van der Waals surface area (Å²) in [6.45, 7) is 4.95. The van der Waals surface area contributed by atoms with Crippen molar-refractivity contribution in [1.82, 2.24) is 19.4 Å². The van der Waals surface area contributed by atoms with Gasteiger partial charge < -0.3 is 13.8 Å². The zero-order valence-electron chi connectivity index (χ0n) is 15.3. The summed E-state index contributed by atoms with van der Waals surface area (Å²) in [5.74, 6) is 1.35. The monoisotopic (exact) mass is 352 g/mol. The van der Waals surface area contributed by atoms with Gasteiger partial charge in [-0.2, -0.15) is 0 Å². The van der Waals surface area contributed by atoms with Gasteiger partial charge in [-0.15, -0.1) is 0 Å². The normalized spacial score (nSPS) is 17.5. The van der Waals surface area contributed by atoms with Crippen LogP contribution in [-0.2, 0) is 11.2 Å². The molecule has 0 bridgehead atoms. The maximum absolute atomic E-state index is 12.8. The molecule has 1 unspecified atom stereocenters. The van der Waals surface area contributed by atoms with Gasteiger partial charge in [0, 0.05) is 37.3 Å². The molecule has 3 aromatic rings. The molecule has 0 aliphatic carbocycles. The summed E-state index contributed by atoms with van der Waals surface area (Å²) in [5.41, 5.74) is 2.74. The van der Waals surface area contributed by atoms with Gasteiger partial charge in [0.05, 0.1) is 11.7 Å². The van der Waals surface area contributed by atoms with Crippen LogP contribution in [0.2, 0.25) is 0 Å². The lowest BCUT2D eigenvalue weighted by Crippen LogP contribution is -2.30. The van der Waals surface area contributed by atoms with Crippen molar-refractivity contribution in [2.75, 3.05) is 6.54 Å². The number of imidazole rings is 1. The van der Waals surface area contributed by atoms with E-state index in [0.717, 1.165) is 42.2 Å². The second-order valence-corrected chi connectivity index (χ2v) is 7.25. The summed E-state index contributed by atoms with van der Waals surface area (Å²) in [4.78, 5) is 19.3. The first-order valence-electron chi connectivity index (χ1n) is 9.30. The molecule has 0 aromatic carbocycles. The molecule has 26 heavy (non-hydrogen) atoms. The highest BCUT2D eigenvalue weighted by molar-refractivity contribution is 5.77. The van der Waals surface area contributed by atoms with Crippen molar-refractivity contribution in [2.45, 2.75) is 51.5 Å². The molecule has 1 fully saturated rings. The minimum Gasteiger partial charge on any atom is -0.361 e. The van der Waals surface area contributed by atoms with Crippen LogP contribution in [0.5, 0.6) is 0 Å². The number of likely N-dealkylation sites (tertiary alicyclic amines) is 1. The van der Waals surface area contributed by atoms with E-state index in [9.17, 15) is 4.79 Å². The number of rotatable bonds is 5. The van der Waals surface area contributed by atoms with E-state index in [1.165, 1.54) is 0 Å². The first kappa shape index (κ1) is 16.8. The Labute approximate surface area is 152 Å². The van der Waals surface area contributed by atoms with Gasteiger partial charge in [0.1, 0.15) is 17.1 Å². The Morgan fingerprint density at radius 3 is 3.04 bits per heavy atom. The standard InChI is InChI=1S/C20H24N4O2/c1-14(2)18-12-16(22-26-18)17-6-5-11-24(17)20(25)9-8-15-13-23-10-4-3-7-19(23)21-15/h3-4,7,10,12-14,17H,5-6,8-9,11H2,1-2H3. The van der Waals surface area contributed by atoms with Crippen LogP contribution in [-0.4, -0.2) is 31.9 Å². The largest absolute Gasteiger partial charge is 0.361 e. The Morgan fingerprint density at radius 1 is 1.38 bits per heavy atom. The average Bonchev–Trinajstić information content (AvgIpc) is 3.37. The first-order valence-corrected chi connectivity index (χ1v) is 9.30. The quantitative estimate of drug-likeness (QED) is 0.702. The molecule has 1 amide bonds. The maximum Gasteiger partial charge on any atom is 0.223 e. The molecule has 136 valence electrons. The third kappa shape index (κ3) is 3.23. The summed E-state index contributed by atoms with van der Waals surface area (Å²) in [5, 5.41) is 4.21. The molecule has 0 saturated carbocycles. The van der Waals surface area contributed by atoms with Gasteiger partial charge in [-0.1, -0.05) is 25.1 Å². The van der Waals surface area contributed by atoms with Gasteiger partial charge in [-0.25, -0.2) is 4.98 Å². The van der Waals surface area contributed by atoms with E-state index < -0.39 is 0 Å². The number of pyridine rings is 1. The molecule has 6 nitrogen and oxygen atoms in total. The Balaban J connectivity index is 1.42. The number of aromatic nitrogens is 3. The maximum atomic E-state index is 12.8. The van der Waals surface area contributed by atoms with Crippen molar-refractivity contribution in [3.8, 4) is 0 Å². The molecular formula is C20H24N4O2. The minimum absolute atomic E-state index is 0.0415. The zero-order chi connectivity index (χ0) is 18.1. The van der Waals surface area contributed by atoms with Crippen molar-refractivity contribution in [2.24, 2.45) is 0 Å². The second-order valence-electron chi connectivity index (χ2n) is 7.25. The predicted octanol–water partition coefficient (Wildman–Crippen LogP) is 3.74. The summed E-state index contributed by atoms with van der Waals surface area (Å²) in [7, 11) is 0. The number of nitrogens with zero attached hydrogens (tertiary/aromatic N) is 4. The predicted molar refractivity (Wildman–Crippen MR) is 97.8 cm³/mol. The molecule has 6 heteroatoms. The van der Waals surface area contributed by atoms with Crippen molar-refractivity contribution in [1.29, 1.82) is 0 Å². The number of fused-ring (bicyclic) bond motifs is 1. The lowest BCUT2D eigenvalue weighted by atomic mass is 10.1. The van der Waals surface area contributed by atoms with Gasteiger partial charge in [0.25, 0.3) is 0 Å². The molecule has 0 N–H and O–H groups in total. The number of hydrogen-bond acceptors (Lipinski definition) is 4. The summed E-state index contributed by atoms with van der Waals surface area (Å²) >= 11 is 0. The van der Waals surface area contributed by atoms with E-state index >= 15 is 0 Å².